The van der Waals surface area contributed by atoms with Gasteiger partial charge in [0.1, 0.15) is 26.3 Å². The summed E-state index contributed by atoms with van der Waals surface area (Å²) in [6.45, 7) is 1.96. The van der Waals surface area contributed by atoms with Crippen molar-refractivity contribution in [3.8, 4) is 0 Å². The van der Waals surface area contributed by atoms with Crippen LogP contribution in [-0.4, -0.2) is 36.1 Å². The number of hydrogen-bond acceptors (Lipinski definition) is 5. The van der Waals surface area contributed by atoms with E-state index in [4.69, 9.17) is 11.6 Å². The molecule has 0 radical (unpaired) electrons. The molecule has 0 unspecified atom stereocenters. The van der Waals surface area contributed by atoms with Gasteiger partial charge in [-0.05, 0) is 6.42 Å². The fourth-order valence-corrected chi connectivity index (χ4v) is 3.68. The van der Waals surface area contributed by atoms with E-state index in [0.717, 1.165) is 17.0 Å². The molecule has 0 N–H and O–H groups in total. The summed E-state index contributed by atoms with van der Waals surface area (Å²) in [6, 6.07) is 0. The molecular formula is C9H13ClN2O2S2. The number of sulfone groups is 1. The highest BCUT2D eigenvalue weighted by Gasteiger charge is 2.09. The standard InChI is InChI=1S/C9H13ClN2O2S2/c1-3-7-8(10)11-6-12-9(7)15-4-5-16(2,13)14/h6H,3-5H2,1-2H3. The van der Waals surface area contributed by atoms with E-state index in [9.17, 15) is 8.42 Å². The summed E-state index contributed by atoms with van der Waals surface area (Å²) in [6.07, 6.45) is 3.35. The van der Waals surface area contributed by atoms with Gasteiger partial charge in [-0.25, -0.2) is 18.4 Å². The fourth-order valence-electron chi connectivity index (χ4n) is 1.09. The first kappa shape index (κ1) is 13.7. The first-order chi connectivity index (χ1) is 7.44. The van der Waals surface area contributed by atoms with Crippen molar-refractivity contribution >= 4 is 33.2 Å². The van der Waals surface area contributed by atoms with Crippen LogP contribution in [0, 0.1) is 0 Å². The van der Waals surface area contributed by atoms with E-state index in [-0.39, 0.29) is 5.75 Å². The van der Waals surface area contributed by atoms with Crippen LogP contribution in [-0.2, 0) is 16.3 Å². The molecule has 1 heterocycles. The largest absolute Gasteiger partial charge is 0.230 e. The average Bonchev–Trinajstić information content (AvgIpc) is 2.16. The van der Waals surface area contributed by atoms with Crippen LogP contribution in [0.1, 0.15) is 12.5 Å². The van der Waals surface area contributed by atoms with Gasteiger partial charge in [0.05, 0.1) is 5.75 Å². The molecule has 16 heavy (non-hydrogen) atoms. The Balaban J connectivity index is 2.71. The molecule has 0 fully saturated rings. The van der Waals surface area contributed by atoms with Crippen molar-refractivity contribution in [1.29, 1.82) is 0 Å². The summed E-state index contributed by atoms with van der Waals surface area (Å²) >= 11 is 7.31. The lowest BCUT2D eigenvalue weighted by molar-refractivity contribution is 0.603. The highest BCUT2D eigenvalue weighted by molar-refractivity contribution is 8.00. The highest BCUT2D eigenvalue weighted by atomic mass is 35.5. The lowest BCUT2D eigenvalue weighted by Gasteiger charge is -2.06. The highest BCUT2D eigenvalue weighted by Crippen LogP contribution is 2.25. The van der Waals surface area contributed by atoms with Crippen LogP contribution < -0.4 is 0 Å². The van der Waals surface area contributed by atoms with Crippen LogP contribution in [0.5, 0.6) is 0 Å². The van der Waals surface area contributed by atoms with Crippen molar-refractivity contribution in [2.45, 2.75) is 18.4 Å². The molecule has 0 bridgehead atoms. The van der Waals surface area contributed by atoms with E-state index >= 15 is 0 Å². The van der Waals surface area contributed by atoms with Crippen molar-refractivity contribution in [2.75, 3.05) is 17.8 Å². The van der Waals surface area contributed by atoms with Crippen molar-refractivity contribution < 1.29 is 8.42 Å². The Labute approximate surface area is 105 Å². The zero-order valence-electron chi connectivity index (χ0n) is 9.10. The van der Waals surface area contributed by atoms with Crippen LogP contribution in [0.4, 0.5) is 0 Å². The third-order valence-electron chi connectivity index (χ3n) is 1.90. The van der Waals surface area contributed by atoms with Gasteiger partial charge < -0.3 is 0 Å². The van der Waals surface area contributed by atoms with Gasteiger partial charge in [0.2, 0.25) is 0 Å². The zero-order valence-corrected chi connectivity index (χ0v) is 11.5. The lowest BCUT2D eigenvalue weighted by atomic mass is 10.3. The van der Waals surface area contributed by atoms with Crippen LogP contribution in [0.2, 0.25) is 5.15 Å². The summed E-state index contributed by atoms with van der Waals surface area (Å²) < 4.78 is 21.9. The SMILES string of the molecule is CCc1c(Cl)ncnc1SCCS(C)(=O)=O. The van der Waals surface area contributed by atoms with Gasteiger partial charge in [-0.15, -0.1) is 11.8 Å². The van der Waals surface area contributed by atoms with E-state index < -0.39 is 9.84 Å². The van der Waals surface area contributed by atoms with Gasteiger partial charge in [-0.3, -0.25) is 0 Å². The smallest absolute Gasteiger partial charge is 0.148 e. The van der Waals surface area contributed by atoms with Crippen molar-refractivity contribution in [3.63, 3.8) is 0 Å². The molecule has 1 aromatic heterocycles. The topological polar surface area (TPSA) is 59.9 Å². The summed E-state index contributed by atoms with van der Waals surface area (Å²) in [7, 11) is -2.92. The summed E-state index contributed by atoms with van der Waals surface area (Å²) in [5.74, 6) is 0.627. The van der Waals surface area contributed by atoms with E-state index in [1.165, 1.54) is 24.3 Å². The molecule has 7 heteroatoms. The Bertz CT molecular complexity index is 463. The van der Waals surface area contributed by atoms with E-state index in [0.29, 0.717) is 10.9 Å². The number of hydrogen-bond donors (Lipinski definition) is 0. The molecule has 0 aliphatic rings. The second kappa shape index (κ2) is 5.84. The molecule has 0 aliphatic carbocycles. The maximum absolute atomic E-state index is 11.0. The van der Waals surface area contributed by atoms with Crippen LogP contribution in [0.3, 0.4) is 0 Å². The van der Waals surface area contributed by atoms with Crippen molar-refractivity contribution in [3.05, 3.63) is 17.0 Å². The Morgan fingerprint density at radius 2 is 2.12 bits per heavy atom. The summed E-state index contributed by atoms with van der Waals surface area (Å²) in [5.41, 5.74) is 0.877. The first-order valence-electron chi connectivity index (χ1n) is 4.74. The minimum atomic E-state index is -2.92. The molecule has 0 aliphatic heterocycles. The van der Waals surface area contributed by atoms with Gasteiger partial charge in [-0.1, -0.05) is 18.5 Å². The second-order valence-electron chi connectivity index (χ2n) is 3.28. The monoisotopic (exact) mass is 280 g/mol. The molecule has 1 rings (SSSR count). The molecule has 90 valence electrons. The predicted octanol–water partition coefficient (Wildman–Crippen LogP) is 1.83. The third kappa shape index (κ3) is 4.27. The number of aromatic nitrogens is 2. The van der Waals surface area contributed by atoms with Crippen LogP contribution in [0.15, 0.2) is 11.4 Å². The quantitative estimate of drug-likeness (QED) is 0.608. The maximum atomic E-state index is 11.0. The number of thioether (sulfide) groups is 1. The van der Waals surface area contributed by atoms with Crippen molar-refractivity contribution in [1.82, 2.24) is 9.97 Å². The van der Waals surface area contributed by atoms with Gasteiger partial charge in [0.25, 0.3) is 0 Å². The van der Waals surface area contributed by atoms with Gasteiger partial charge in [-0.2, -0.15) is 0 Å². The zero-order chi connectivity index (χ0) is 12.2. The van der Waals surface area contributed by atoms with Gasteiger partial charge in [0, 0.05) is 17.6 Å². The predicted molar refractivity (Wildman–Crippen MR) is 66.9 cm³/mol. The lowest BCUT2D eigenvalue weighted by Crippen LogP contribution is -2.05. The van der Waals surface area contributed by atoms with E-state index in [1.807, 2.05) is 6.92 Å². The number of nitrogens with zero attached hydrogens (tertiary/aromatic N) is 2. The Hall–Kier alpha value is -0.330. The van der Waals surface area contributed by atoms with Gasteiger partial charge >= 0.3 is 0 Å². The van der Waals surface area contributed by atoms with E-state index in [2.05, 4.69) is 9.97 Å². The molecule has 0 saturated heterocycles. The van der Waals surface area contributed by atoms with E-state index in [1.54, 1.807) is 0 Å². The minimum absolute atomic E-state index is 0.141. The molecule has 0 amide bonds. The molecular weight excluding hydrogens is 268 g/mol. The Morgan fingerprint density at radius 1 is 1.44 bits per heavy atom. The minimum Gasteiger partial charge on any atom is -0.230 e. The van der Waals surface area contributed by atoms with Gasteiger partial charge in [0.15, 0.2) is 0 Å². The number of rotatable bonds is 5. The molecule has 0 aromatic carbocycles. The summed E-state index contributed by atoms with van der Waals surface area (Å²) in [5, 5.41) is 1.21. The fraction of sp³-hybridized carbons (Fsp3) is 0.556. The molecule has 1 aromatic rings. The molecule has 0 saturated carbocycles. The maximum Gasteiger partial charge on any atom is 0.148 e. The van der Waals surface area contributed by atoms with Crippen molar-refractivity contribution in [2.24, 2.45) is 0 Å². The Morgan fingerprint density at radius 3 is 2.69 bits per heavy atom. The molecule has 4 nitrogen and oxygen atoms in total. The Kier molecular flexibility index (Phi) is 5.01. The molecule has 0 spiro atoms. The second-order valence-corrected chi connectivity index (χ2v) is 6.98. The number of halogens is 1. The first-order valence-corrected chi connectivity index (χ1v) is 8.16. The molecule has 0 atom stereocenters. The average molecular weight is 281 g/mol. The summed E-state index contributed by atoms with van der Waals surface area (Å²) in [4.78, 5) is 7.99. The van der Waals surface area contributed by atoms with Crippen LogP contribution >= 0.6 is 23.4 Å². The third-order valence-corrected chi connectivity index (χ3v) is 4.46. The normalized spacial score (nSPS) is 11.7. The van der Waals surface area contributed by atoms with Crippen LogP contribution in [0.25, 0.3) is 0 Å².